The Morgan fingerprint density at radius 1 is 1.22 bits per heavy atom. The molecule has 0 spiro atoms. The Morgan fingerprint density at radius 3 is 2.56 bits per heavy atom. The van der Waals surface area contributed by atoms with Gasteiger partial charge in [-0.15, -0.1) is 0 Å². The van der Waals surface area contributed by atoms with Crippen molar-refractivity contribution in [3.63, 3.8) is 0 Å². The molecule has 0 fully saturated rings. The van der Waals surface area contributed by atoms with Crippen molar-refractivity contribution < 1.29 is 4.92 Å². The summed E-state index contributed by atoms with van der Waals surface area (Å²) >= 11 is 0. The molecule has 0 atom stereocenters. The maximum Gasteiger partial charge on any atom is 0.287 e. The van der Waals surface area contributed by atoms with Crippen LogP contribution in [0.1, 0.15) is 11.1 Å². The van der Waals surface area contributed by atoms with Crippen LogP contribution in [0, 0.1) is 24.0 Å². The third-order valence-electron chi connectivity index (χ3n) is 2.60. The molecule has 0 aliphatic carbocycles. The summed E-state index contributed by atoms with van der Waals surface area (Å²) in [6.45, 7) is 4.03. The molecule has 2 aromatic rings. The molecule has 0 saturated carbocycles. The summed E-state index contributed by atoms with van der Waals surface area (Å²) in [5, 5.41) is 13.6. The quantitative estimate of drug-likeness (QED) is 0.663. The first-order valence-corrected chi connectivity index (χ1v) is 5.51. The Morgan fingerprint density at radius 2 is 2.00 bits per heavy atom. The maximum absolute atomic E-state index is 10.5. The molecule has 0 bridgehead atoms. The third-order valence-corrected chi connectivity index (χ3v) is 2.60. The molecule has 1 aromatic heterocycles. The highest BCUT2D eigenvalue weighted by atomic mass is 16.6. The number of hydrogen-bond acceptors (Lipinski definition) is 4. The number of nitrogens with one attached hydrogen (secondary N) is 1. The zero-order chi connectivity index (χ0) is 13.1. The van der Waals surface area contributed by atoms with Crippen LogP contribution in [0.3, 0.4) is 0 Å². The van der Waals surface area contributed by atoms with Crippen LogP contribution in [0.15, 0.2) is 36.5 Å². The second kappa shape index (κ2) is 4.83. The Labute approximate surface area is 105 Å². The van der Waals surface area contributed by atoms with Gasteiger partial charge in [0.1, 0.15) is 12.0 Å². The van der Waals surface area contributed by atoms with Crippen molar-refractivity contribution in [1.29, 1.82) is 0 Å². The molecule has 5 heteroatoms. The van der Waals surface area contributed by atoms with Crippen LogP contribution in [-0.2, 0) is 0 Å². The highest BCUT2D eigenvalue weighted by Gasteiger charge is 2.06. The van der Waals surface area contributed by atoms with E-state index in [1.54, 1.807) is 6.07 Å². The Bertz CT molecular complexity index is 579. The predicted molar refractivity (Wildman–Crippen MR) is 70.1 cm³/mol. The van der Waals surface area contributed by atoms with E-state index in [0.29, 0.717) is 5.82 Å². The summed E-state index contributed by atoms with van der Waals surface area (Å²) in [6, 6.07) is 9.05. The van der Waals surface area contributed by atoms with Crippen LogP contribution in [0.25, 0.3) is 0 Å². The predicted octanol–water partition coefficient (Wildman–Crippen LogP) is 3.35. The van der Waals surface area contributed by atoms with Crippen molar-refractivity contribution in [3.05, 3.63) is 57.8 Å². The second-order valence-corrected chi connectivity index (χ2v) is 4.10. The van der Waals surface area contributed by atoms with Gasteiger partial charge >= 0.3 is 0 Å². The molecule has 0 saturated heterocycles. The lowest BCUT2D eigenvalue weighted by Gasteiger charge is -2.09. The van der Waals surface area contributed by atoms with E-state index < -0.39 is 4.92 Å². The van der Waals surface area contributed by atoms with Crippen molar-refractivity contribution in [2.45, 2.75) is 13.8 Å². The molecule has 0 aliphatic rings. The van der Waals surface area contributed by atoms with Gasteiger partial charge in [0, 0.05) is 11.8 Å². The smallest absolute Gasteiger partial charge is 0.287 e. The van der Waals surface area contributed by atoms with Crippen LogP contribution in [-0.4, -0.2) is 9.91 Å². The van der Waals surface area contributed by atoms with E-state index >= 15 is 0 Å². The molecule has 1 aromatic carbocycles. The Balaban J connectivity index is 2.21. The summed E-state index contributed by atoms with van der Waals surface area (Å²) < 4.78 is 0. The van der Waals surface area contributed by atoms with E-state index in [1.807, 2.05) is 26.0 Å². The minimum absolute atomic E-state index is 0.0128. The fourth-order valence-corrected chi connectivity index (χ4v) is 1.66. The highest BCUT2D eigenvalue weighted by molar-refractivity contribution is 5.61. The van der Waals surface area contributed by atoms with Crippen LogP contribution >= 0.6 is 0 Å². The standard InChI is InChI=1S/C13H13N3O2/c1-9-3-5-12(10(2)7-9)15-13-6-4-11(8-14-13)16(17)18/h3-8H,1-2H3,(H,14,15). The van der Waals surface area contributed by atoms with Gasteiger partial charge in [0.2, 0.25) is 0 Å². The van der Waals surface area contributed by atoms with Gasteiger partial charge in [0.05, 0.1) is 4.92 Å². The number of anilines is 2. The number of hydrogen-bond donors (Lipinski definition) is 1. The van der Waals surface area contributed by atoms with Gasteiger partial charge in [0.15, 0.2) is 0 Å². The first-order valence-electron chi connectivity index (χ1n) is 5.51. The molecule has 0 amide bonds. The van der Waals surface area contributed by atoms with Crippen LogP contribution in [0.2, 0.25) is 0 Å². The summed E-state index contributed by atoms with van der Waals surface area (Å²) in [5.41, 5.74) is 3.23. The number of benzene rings is 1. The normalized spacial score (nSPS) is 10.1. The van der Waals surface area contributed by atoms with E-state index in [0.717, 1.165) is 11.3 Å². The molecule has 2 rings (SSSR count). The molecule has 1 N–H and O–H groups in total. The van der Waals surface area contributed by atoms with Gasteiger partial charge in [-0.3, -0.25) is 10.1 Å². The molecule has 92 valence electrons. The van der Waals surface area contributed by atoms with Gasteiger partial charge < -0.3 is 5.32 Å². The zero-order valence-corrected chi connectivity index (χ0v) is 10.2. The van der Waals surface area contributed by atoms with Gasteiger partial charge in [-0.25, -0.2) is 4.98 Å². The average molecular weight is 243 g/mol. The topological polar surface area (TPSA) is 68.1 Å². The zero-order valence-electron chi connectivity index (χ0n) is 10.2. The van der Waals surface area contributed by atoms with Crippen molar-refractivity contribution in [1.82, 2.24) is 4.98 Å². The minimum Gasteiger partial charge on any atom is -0.340 e. The lowest BCUT2D eigenvalue weighted by atomic mass is 10.1. The fourth-order valence-electron chi connectivity index (χ4n) is 1.66. The SMILES string of the molecule is Cc1ccc(Nc2ccc([N+](=O)[O-])cn2)c(C)c1. The average Bonchev–Trinajstić information content (AvgIpc) is 2.33. The molecule has 5 nitrogen and oxygen atoms in total. The van der Waals surface area contributed by atoms with E-state index in [4.69, 9.17) is 0 Å². The molecular formula is C13H13N3O2. The Kier molecular flexibility index (Phi) is 3.23. The largest absolute Gasteiger partial charge is 0.340 e. The van der Waals surface area contributed by atoms with Crippen molar-refractivity contribution in [2.24, 2.45) is 0 Å². The number of nitrogens with zero attached hydrogens (tertiary/aromatic N) is 2. The van der Waals surface area contributed by atoms with Crippen LogP contribution in [0.4, 0.5) is 17.2 Å². The third kappa shape index (κ3) is 2.63. The summed E-state index contributed by atoms with van der Waals surface area (Å²) in [5.74, 6) is 0.590. The van der Waals surface area contributed by atoms with Crippen LogP contribution < -0.4 is 5.32 Å². The monoisotopic (exact) mass is 243 g/mol. The molecular weight excluding hydrogens is 230 g/mol. The number of nitro groups is 1. The minimum atomic E-state index is -0.464. The molecule has 0 aliphatic heterocycles. The van der Waals surface area contributed by atoms with Gasteiger partial charge in [0.25, 0.3) is 5.69 Å². The number of aromatic nitrogens is 1. The molecule has 0 unspecified atom stereocenters. The molecule has 18 heavy (non-hydrogen) atoms. The second-order valence-electron chi connectivity index (χ2n) is 4.10. The van der Waals surface area contributed by atoms with Gasteiger partial charge in [-0.05, 0) is 31.5 Å². The van der Waals surface area contributed by atoms with Gasteiger partial charge in [-0.1, -0.05) is 17.7 Å². The number of aryl methyl sites for hydroxylation is 2. The first kappa shape index (κ1) is 12.0. The molecule has 0 radical (unpaired) electrons. The number of rotatable bonds is 3. The lowest BCUT2D eigenvalue weighted by Crippen LogP contribution is -1.97. The Hall–Kier alpha value is -2.43. The van der Waals surface area contributed by atoms with Crippen LogP contribution in [0.5, 0.6) is 0 Å². The fraction of sp³-hybridized carbons (Fsp3) is 0.154. The van der Waals surface area contributed by atoms with Crippen molar-refractivity contribution in [3.8, 4) is 0 Å². The number of pyridine rings is 1. The van der Waals surface area contributed by atoms with E-state index in [9.17, 15) is 10.1 Å². The van der Waals surface area contributed by atoms with Crippen molar-refractivity contribution >= 4 is 17.2 Å². The first-order chi connectivity index (χ1) is 8.56. The van der Waals surface area contributed by atoms with Crippen molar-refractivity contribution in [2.75, 3.05) is 5.32 Å². The molecule has 1 heterocycles. The highest BCUT2D eigenvalue weighted by Crippen LogP contribution is 2.21. The lowest BCUT2D eigenvalue weighted by molar-refractivity contribution is -0.385. The van der Waals surface area contributed by atoms with Gasteiger partial charge in [-0.2, -0.15) is 0 Å². The summed E-state index contributed by atoms with van der Waals surface area (Å²) in [4.78, 5) is 14.0. The van der Waals surface area contributed by atoms with E-state index in [2.05, 4.69) is 16.4 Å². The summed E-state index contributed by atoms with van der Waals surface area (Å²) in [7, 11) is 0. The van der Waals surface area contributed by atoms with E-state index in [-0.39, 0.29) is 5.69 Å². The maximum atomic E-state index is 10.5. The van der Waals surface area contributed by atoms with E-state index in [1.165, 1.54) is 17.8 Å². The summed E-state index contributed by atoms with van der Waals surface area (Å²) in [6.07, 6.45) is 1.24.